The van der Waals surface area contributed by atoms with Gasteiger partial charge >= 0.3 is 0 Å². The highest BCUT2D eigenvalue weighted by Gasteiger charge is 2.20. The van der Waals surface area contributed by atoms with Crippen molar-refractivity contribution >= 4 is 27.5 Å². The summed E-state index contributed by atoms with van der Waals surface area (Å²) in [4.78, 5) is 2.24. The number of hydrogen-bond donors (Lipinski definition) is 1. The van der Waals surface area contributed by atoms with Gasteiger partial charge in [0.05, 0.1) is 10.8 Å². The van der Waals surface area contributed by atoms with Crippen LogP contribution < -0.4 is 9.47 Å². The standard InChI is InChI=1S/C24H24N2O/c1-4-26(5-2)17-14-15-20(23(27)16-17)24-18-10-6-8-12-21(18)25(3)22-13-9-7-11-19(22)24/h6-16H,4-5H2,1-3H3/p+1. The Morgan fingerprint density at radius 2 is 1.37 bits per heavy atom. The molecule has 4 rings (SSSR count). The zero-order valence-corrected chi connectivity index (χ0v) is 16.1. The van der Waals surface area contributed by atoms with Gasteiger partial charge in [-0.25, -0.2) is 0 Å². The molecule has 27 heavy (non-hydrogen) atoms. The predicted octanol–water partition coefficient (Wildman–Crippen LogP) is 5.04. The molecule has 0 aliphatic carbocycles. The van der Waals surface area contributed by atoms with E-state index in [0.29, 0.717) is 5.75 Å². The van der Waals surface area contributed by atoms with Gasteiger partial charge in [-0.3, -0.25) is 0 Å². The van der Waals surface area contributed by atoms with Gasteiger partial charge in [0.25, 0.3) is 0 Å². The summed E-state index contributed by atoms with van der Waals surface area (Å²) >= 11 is 0. The lowest BCUT2D eigenvalue weighted by atomic mass is 9.94. The third kappa shape index (κ3) is 2.80. The van der Waals surface area contributed by atoms with Crippen LogP contribution in [0.2, 0.25) is 0 Å². The molecule has 0 atom stereocenters. The van der Waals surface area contributed by atoms with E-state index < -0.39 is 0 Å². The van der Waals surface area contributed by atoms with Crippen molar-refractivity contribution in [1.29, 1.82) is 0 Å². The Kier molecular flexibility index (Phi) is 4.44. The van der Waals surface area contributed by atoms with Crippen LogP contribution in [0.3, 0.4) is 0 Å². The Morgan fingerprint density at radius 1 is 0.815 bits per heavy atom. The molecule has 0 aliphatic rings. The number of aryl methyl sites for hydroxylation is 1. The molecule has 0 saturated heterocycles. The highest BCUT2D eigenvalue weighted by molar-refractivity contribution is 6.08. The fraction of sp³-hybridized carbons (Fsp3) is 0.208. The number of aromatic hydroxyl groups is 1. The molecule has 1 N–H and O–H groups in total. The number of anilines is 1. The van der Waals surface area contributed by atoms with Crippen LogP contribution in [0, 0.1) is 0 Å². The van der Waals surface area contributed by atoms with Gasteiger partial charge in [0.2, 0.25) is 11.0 Å². The first kappa shape index (κ1) is 17.3. The molecular formula is C24H25N2O+. The molecule has 3 heteroatoms. The second-order valence-electron chi connectivity index (χ2n) is 6.84. The second-order valence-corrected chi connectivity index (χ2v) is 6.84. The number of hydrogen-bond acceptors (Lipinski definition) is 2. The van der Waals surface area contributed by atoms with Crippen molar-refractivity contribution in [2.24, 2.45) is 7.05 Å². The minimum Gasteiger partial charge on any atom is -0.507 e. The van der Waals surface area contributed by atoms with Crippen molar-refractivity contribution in [1.82, 2.24) is 0 Å². The van der Waals surface area contributed by atoms with Crippen LogP contribution in [0.5, 0.6) is 5.75 Å². The quantitative estimate of drug-likeness (QED) is 0.409. The lowest BCUT2D eigenvalue weighted by Crippen LogP contribution is -2.30. The fourth-order valence-corrected chi connectivity index (χ4v) is 4.04. The van der Waals surface area contributed by atoms with Gasteiger partial charge in [0, 0.05) is 48.1 Å². The van der Waals surface area contributed by atoms with Crippen LogP contribution >= 0.6 is 0 Å². The average Bonchev–Trinajstić information content (AvgIpc) is 2.70. The Morgan fingerprint density at radius 3 is 1.89 bits per heavy atom. The molecule has 3 nitrogen and oxygen atoms in total. The van der Waals surface area contributed by atoms with Crippen molar-refractivity contribution in [3.8, 4) is 16.9 Å². The van der Waals surface area contributed by atoms with Crippen molar-refractivity contribution in [3.63, 3.8) is 0 Å². The first-order valence-corrected chi connectivity index (χ1v) is 9.53. The monoisotopic (exact) mass is 357 g/mol. The number of pyridine rings is 1. The average molecular weight is 357 g/mol. The molecule has 1 heterocycles. The lowest BCUT2D eigenvalue weighted by Gasteiger charge is -2.22. The van der Waals surface area contributed by atoms with Crippen LogP contribution in [0.15, 0.2) is 66.7 Å². The molecule has 0 spiro atoms. The van der Waals surface area contributed by atoms with E-state index in [4.69, 9.17) is 0 Å². The topological polar surface area (TPSA) is 27.4 Å². The van der Waals surface area contributed by atoms with Gasteiger partial charge in [0.15, 0.2) is 0 Å². The first-order valence-electron chi connectivity index (χ1n) is 9.53. The molecule has 0 aliphatic heterocycles. The largest absolute Gasteiger partial charge is 0.507 e. The molecule has 0 saturated carbocycles. The van der Waals surface area contributed by atoms with Crippen LogP contribution in [0.4, 0.5) is 5.69 Å². The van der Waals surface area contributed by atoms with Crippen molar-refractivity contribution in [3.05, 3.63) is 66.7 Å². The molecule has 0 radical (unpaired) electrons. The summed E-state index contributed by atoms with van der Waals surface area (Å²) in [5, 5.41) is 13.2. The minimum atomic E-state index is 0.323. The summed E-state index contributed by atoms with van der Waals surface area (Å²) in [5.74, 6) is 0.323. The van der Waals surface area contributed by atoms with Crippen LogP contribution in [0.25, 0.3) is 32.9 Å². The van der Waals surface area contributed by atoms with E-state index in [2.05, 4.69) is 91.0 Å². The summed E-state index contributed by atoms with van der Waals surface area (Å²) in [6, 6.07) is 22.8. The van der Waals surface area contributed by atoms with E-state index in [1.165, 1.54) is 0 Å². The molecule has 0 unspecified atom stereocenters. The molecular weight excluding hydrogens is 332 g/mol. The third-order valence-corrected chi connectivity index (χ3v) is 5.45. The molecule has 0 bridgehead atoms. The summed E-state index contributed by atoms with van der Waals surface area (Å²) < 4.78 is 2.22. The van der Waals surface area contributed by atoms with Crippen molar-refractivity contribution in [2.75, 3.05) is 18.0 Å². The number of benzene rings is 3. The Balaban J connectivity index is 2.05. The Bertz CT molecular complexity index is 1070. The van der Waals surface area contributed by atoms with Gasteiger partial charge in [-0.15, -0.1) is 0 Å². The molecule has 1 aromatic heterocycles. The predicted molar refractivity (Wildman–Crippen MR) is 113 cm³/mol. The van der Waals surface area contributed by atoms with E-state index in [1.54, 1.807) is 0 Å². The zero-order valence-electron chi connectivity index (χ0n) is 16.1. The fourth-order valence-electron chi connectivity index (χ4n) is 4.04. The first-order chi connectivity index (χ1) is 13.2. The van der Waals surface area contributed by atoms with Gasteiger partial charge in [-0.2, -0.15) is 4.57 Å². The number of nitrogens with zero attached hydrogens (tertiary/aromatic N) is 2. The molecule has 0 fully saturated rings. The van der Waals surface area contributed by atoms with Gasteiger partial charge < -0.3 is 10.0 Å². The van der Waals surface area contributed by atoms with Gasteiger partial charge in [-0.1, -0.05) is 24.3 Å². The Hall–Kier alpha value is -3.07. The van der Waals surface area contributed by atoms with Crippen LogP contribution in [-0.4, -0.2) is 18.2 Å². The smallest absolute Gasteiger partial charge is 0.213 e. The lowest BCUT2D eigenvalue weighted by molar-refractivity contribution is -0.617. The van der Waals surface area contributed by atoms with E-state index in [1.807, 2.05) is 6.07 Å². The van der Waals surface area contributed by atoms with Crippen LogP contribution in [0.1, 0.15) is 13.8 Å². The highest BCUT2D eigenvalue weighted by Crippen LogP contribution is 2.40. The number of para-hydroxylation sites is 2. The summed E-state index contributed by atoms with van der Waals surface area (Å²) in [6.07, 6.45) is 0. The number of phenolic OH excluding ortho intramolecular Hbond substituents is 1. The summed E-state index contributed by atoms with van der Waals surface area (Å²) in [7, 11) is 2.10. The summed E-state index contributed by atoms with van der Waals surface area (Å²) in [6.45, 7) is 6.10. The number of phenols is 1. The SMILES string of the molecule is CCN(CC)c1ccc(-c2c3ccccc3[n+](C)c3ccccc23)c(O)c1. The van der Waals surface area contributed by atoms with Crippen molar-refractivity contribution < 1.29 is 9.67 Å². The number of rotatable bonds is 4. The van der Waals surface area contributed by atoms with E-state index in [9.17, 15) is 5.11 Å². The maximum Gasteiger partial charge on any atom is 0.213 e. The van der Waals surface area contributed by atoms with Crippen molar-refractivity contribution in [2.45, 2.75) is 13.8 Å². The zero-order chi connectivity index (χ0) is 19.0. The number of aromatic nitrogens is 1. The van der Waals surface area contributed by atoms with E-state index in [0.717, 1.165) is 51.7 Å². The number of fused-ring (bicyclic) bond motifs is 2. The minimum absolute atomic E-state index is 0.323. The second kappa shape index (κ2) is 6.92. The van der Waals surface area contributed by atoms with E-state index >= 15 is 0 Å². The molecule has 4 aromatic rings. The normalized spacial score (nSPS) is 11.2. The molecule has 136 valence electrons. The van der Waals surface area contributed by atoms with Gasteiger partial charge in [0.1, 0.15) is 12.8 Å². The maximum absolute atomic E-state index is 10.9. The molecule has 3 aromatic carbocycles. The summed E-state index contributed by atoms with van der Waals surface area (Å²) in [5.41, 5.74) is 5.31. The van der Waals surface area contributed by atoms with E-state index in [-0.39, 0.29) is 0 Å². The highest BCUT2D eigenvalue weighted by atomic mass is 16.3. The van der Waals surface area contributed by atoms with Crippen LogP contribution in [-0.2, 0) is 7.05 Å². The van der Waals surface area contributed by atoms with Gasteiger partial charge in [-0.05, 0) is 38.1 Å². The molecule has 0 amide bonds. The maximum atomic E-state index is 10.9. The third-order valence-electron chi connectivity index (χ3n) is 5.45. The Labute approximate surface area is 160 Å².